The Balaban J connectivity index is 0.00000232. The van der Waals surface area contributed by atoms with Gasteiger partial charge in [-0.3, -0.25) is 4.99 Å². The summed E-state index contributed by atoms with van der Waals surface area (Å²) in [5.41, 5.74) is 0.969. The standard InChI is InChI=1S/C15H17F3N2O.C2H6/c1-3-13(10-19-7-8-21)20-14-9-12(15(16,17)18)6-4-5-11(14)2;1-2/h3-5,8-10,20H,6-7H2,1-2H3;1-2H3/b13-3+,19-10?;. The summed E-state index contributed by atoms with van der Waals surface area (Å²) in [5.74, 6) is 0. The second-order valence-corrected chi connectivity index (χ2v) is 4.40. The number of aldehydes is 1. The molecule has 0 atom stereocenters. The predicted molar refractivity (Wildman–Crippen MR) is 88.3 cm³/mol. The smallest absolute Gasteiger partial charge is 0.354 e. The molecule has 0 aromatic rings. The fraction of sp³-hybridized carbons (Fsp3) is 0.412. The zero-order chi connectivity index (χ0) is 17.9. The molecule has 1 N–H and O–H groups in total. The van der Waals surface area contributed by atoms with E-state index in [1.165, 1.54) is 12.3 Å². The minimum atomic E-state index is -4.36. The molecule has 0 saturated carbocycles. The van der Waals surface area contributed by atoms with Crippen LogP contribution in [0.1, 0.15) is 34.1 Å². The number of nitrogens with one attached hydrogen (secondary N) is 1. The Morgan fingerprint density at radius 1 is 1.39 bits per heavy atom. The first-order valence-electron chi connectivity index (χ1n) is 7.40. The number of halogens is 3. The SMILES string of the molecule is C/C=C(\C=NCC=O)NC1=C(C)C=CCC(C(F)(F)F)=C1.CC. The van der Waals surface area contributed by atoms with Crippen LogP contribution in [0, 0.1) is 0 Å². The van der Waals surface area contributed by atoms with E-state index in [0.29, 0.717) is 23.3 Å². The minimum Gasteiger partial charge on any atom is -0.354 e. The van der Waals surface area contributed by atoms with Crippen LogP contribution in [0.3, 0.4) is 0 Å². The fourth-order valence-electron chi connectivity index (χ4n) is 1.66. The van der Waals surface area contributed by atoms with E-state index in [2.05, 4.69) is 10.3 Å². The Morgan fingerprint density at radius 2 is 2.04 bits per heavy atom. The highest BCUT2D eigenvalue weighted by atomic mass is 19.4. The Hall–Kier alpha value is -2.11. The van der Waals surface area contributed by atoms with Crippen LogP contribution in [0.25, 0.3) is 0 Å². The zero-order valence-electron chi connectivity index (χ0n) is 13.9. The molecule has 0 amide bonds. The molecule has 3 nitrogen and oxygen atoms in total. The van der Waals surface area contributed by atoms with Crippen LogP contribution in [-0.2, 0) is 4.79 Å². The number of allylic oxidation sites excluding steroid dienone is 7. The van der Waals surface area contributed by atoms with Crippen molar-refractivity contribution in [2.24, 2.45) is 4.99 Å². The number of hydrogen-bond donors (Lipinski definition) is 1. The molecule has 1 aliphatic carbocycles. The maximum Gasteiger partial charge on any atom is 0.413 e. The van der Waals surface area contributed by atoms with Crippen LogP contribution in [0.15, 0.2) is 51.8 Å². The van der Waals surface area contributed by atoms with Crippen LogP contribution in [0.4, 0.5) is 13.2 Å². The average Bonchev–Trinajstić information content (AvgIpc) is 2.70. The fourth-order valence-corrected chi connectivity index (χ4v) is 1.66. The maximum atomic E-state index is 12.9. The van der Waals surface area contributed by atoms with Crippen LogP contribution in [0.5, 0.6) is 0 Å². The minimum absolute atomic E-state index is 0.0145. The summed E-state index contributed by atoms with van der Waals surface area (Å²) in [6, 6.07) is 0. The van der Waals surface area contributed by atoms with Gasteiger partial charge in [0, 0.05) is 17.5 Å². The Labute approximate surface area is 135 Å². The van der Waals surface area contributed by atoms with Gasteiger partial charge in [-0.2, -0.15) is 13.2 Å². The van der Waals surface area contributed by atoms with Crippen molar-refractivity contribution >= 4 is 12.5 Å². The number of hydrogen-bond acceptors (Lipinski definition) is 3. The number of alkyl halides is 3. The van der Waals surface area contributed by atoms with Crippen molar-refractivity contribution in [3.63, 3.8) is 0 Å². The van der Waals surface area contributed by atoms with Crippen molar-refractivity contribution in [2.75, 3.05) is 6.54 Å². The van der Waals surface area contributed by atoms with Crippen molar-refractivity contribution in [3.05, 3.63) is 46.8 Å². The summed E-state index contributed by atoms with van der Waals surface area (Å²) < 4.78 is 38.6. The van der Waals surface area contributed by atoms with Gasteiger partial charge in [-0.15, -0.1) is 0 Å². The van der Waals surface area contributed by atoms with E-state index in [-0.39, 0.29) is 13.0 Å². The van der Waals surface area contributed by atoms with Crippen LogP contribution in [0.2, 0.25) is 0 Å². The van der Waals surface area contributed by atoms with E-state index < -0.39 is 11.7 Å². The zero-order valence-corrected chi connectivity index (χ0v) is 13.9. The normalized spacial score (nSPS) is 15.8. The van der Waals surface area contributed by atoms with Gasteiger partial charge >= 0.3 is 6.18 Å². The monoisotopic (exact) mass is 328 g/mol. The molecule has 0 aromatic heterocycles. The van der Waals surface area contributed by atoms with Crippen molar-refractivity contribution in [1.82, 2.24) is 5.32 Å². The third-order valence-electron chi connectivity index (χ3n) is 2.81. The van der Waals surface area contributed by atoms with E-state index in [9.17, 15) is 18.0 Å². The first kappa shape index (κ1) is 20.9. The van der Waals surface area contributed by atoms with Gasteiger partial charge < -0.3 is 10.1 Å². The summed E-state index contributed by atoms with van der Waals surface area (Å²) in [7, 11) is 0. The summed E-state index contributed by atoms with van der Waals surface area (Å²) in [6.07, 6.45) is 3.46. The van der Waals surface area contributed by atoms with Gasteiger partial charge in [0.1, 0.15) is 6.29 Å². The van der Waals surface area contributed by atoms with Crippen molar-refractivity contribution in [3.8, 4) is 0 Å². The number of aliphatic imine (C=N–C) groups is 1. The molecule has 0 saturated heterocycles. The number of carbonyl (C=O) groups is 1. The third kappa shape index (κ3) is 7.63. The van der Waals surface area contributed by atoms with Gasteiger partial charge in [-0.05, 0) is 31.9 Å². The first-order valence-corrected chi connectivity index (χ1v) is 7.40. The number of carbonyl (C=O) groups excluding carboxylic acids is 1. The molecule has 0 heterocycles. The largest absolute Gasteiger partial charge is 0.413 e. The van der Waals surface area contributed by atoms with Crippen molar-refractivity contribution in [2.45, 2.75) is 40.3 Å². The lowest BCUT2D eigenvalue weighted by atomic mass is 10.1. The molecular formula is C17H23F3N2O. The molecule has 128 valence electrons. The van der Waals surface area contributed by atoms with Crippen LogP contribution >= 0.6 is 0 Å². The Bertz CT molecular complexity index is 539. The first-order chi connectivity index (χ1) is 10.9. The molecule has 0 bridgehead atoms. The summed E-state index contributed by atoms with van der Waals surface area (Å²) >= 11 is 0. The molecule has 0 fully saturated rings. The molecule has 0 spiro atoms. The third-order valence-corrected chi connectivity index (χ3v) is 2.81. The van der Waals surface area contributed by atoms with E-state index in [4.69, 9.17) is 0 Å². The van der Waals surface area contributed by atoms with Crippen molar-refractivity contribution < 1.29 is 18.0 Å². The number of nitrogens with zero attached hydrogens (tertiary/aromatic N) is 1. The lowest BCUT2D eigenvalue weighted by molar-refractivity contribution is -0.106. The van der Waals surface area contributed by atoms with Gasteiger partial charge in [-0.25, -0.2) is 0 Å². The van der Waals surface area contributed by atoms with E-state index in [0.717, 1.165) is 6.08 Å². The van der Waals surface area contributed by atoms with Crippen molar-refractivity contribution in [1.29, 1.82) is 0 Å². The second kappa shape index (κ2) is 10.6. The molecule has 23 heavy (non-hydrogen) atoms. The quantitative estimate of drug-likeness (QED) is 0.596. The molecule has 0 aliphatic heterocycles. The van der Waals surface area contributed by atoms with E-state index >= 15 is 0 Å². The molecule has 6 heteroatoms. The molecular weight excluding hydrogens is 305 g/mol. The molecule has 1 aliphatic rings. The highest BCUT2D eigenvalue weighted by Crippen LogP contribution is 2.31. The van der Waals surface area contributed by atoms with Crippen LogP contribution in [-0.4, -0.2) is 25.2 Å². The Morgan fingerprint density at radius 3 is 2.57 bits per heavy atom. The lowest BCUT2D eigenvalue weighted by Gasteiger charge is -2.13. The molecule has 0 unspecified atom stereocenters. The molecule has 0 aromatic carbocycles. The Kier molecular flexibility index (Phi) is 9.62. The maximum absolute atomic E-state index is 12.9. The topological polar surface area (TPSA) is 41.5 Å². The van der Waals surface area contributed by atoms with Crippen LogP contribution < -0.4 is 5.32 Å². The summed E-state index contributed by atoms with van der Waals surface area (Å²) in [6.45, 7) is 7.47. The van der Waals surface area contributed by atoms with Gasteiger partial charge in [-0.1, -0.05) is 32.1 Å². The molecule has 0 radical (unpaired) electrons. The highest BCUT2D eigenvalue weighted by Gasteiger charge is 2.33. The van der Waals surface area contributed by atoms with Gasteiger partial charge in [0.2, 0.25) is 0 Å². The summed E-state index contributed by atoms with van der Waals surface area (Å²) in [4.78, 5) is 14.0. The lowest BCUT2D eigenvalue weighted by Crippen LogP contribution is -2.17. The van der Waals surface area contributed by atoms with Gasteiger partial charge in [0.25, 0.3) is 0 Å². The highest BCUT2D eigenvalue weighted by molar-refractivity contribution is 5.79. The summed E-state index contributed by atoms with van der Waals surface area (Å²) in [5, 5.41) is 2.90. The average molecular weight is 328 g/mol. The van der Waals surface area contributed by atoms with Gasteiger partial charge in [0.05, 0.1) is 12.2 Å². The van der Waals surface area contributed by atoms with E-state index in [1.807, 2.05) is 13.8 Å². The predicted octanol–water partition coefficient (Wildman–Crippen LogP) is 4.50. The van der Waals surface area contributed by atoms with E-state index in [1.54, 1.807) is 26.0 Å². The number of rotatable bonds is 5. The van der Waals surface area contributed by atoms with Gasteiger partial charge in [0.15, 0.2) is 0 Å². The second-order valence-electron chi connectivity index (χ2n) is 4.40. The molecule has 1 rings (SSSR count).